The van der Waals surface area contributed by atoms with Crippen LogP contribution >= 0.6 is 11.6 Å². The fourth-order valence-corrected chi connectivity index (χ4v) is 3.15. The summed E-state index contributed by atoms with van der Waals surface area (Å²) < 4.78 is 0. The Morgan fingerprint density at radius 1 is 1.08 bits per heavy atom. The van der Waals surface area contributed by atoms with Crippen molar-refractivity contribution >= 4 is 29.1 Å². The first-order valence-electron chi connectivity index (χ1n) is 8.41. The summed E-state index contributed by atoms with van der Waals surface area (Å²) in [5.74, 6) is 1.63. The Labute approximate surface area is 148 Å². The first-order chi connectivity index (χ1) is 11.5. The molecule has 128 valence electrons. The molecule has 0 amide bonds. The number of anilines is 3. The molecule has 1 aliphatic heterocycles. The van der Waals surface area contributed by atoms with E-state index in [4.69, 9.17) is 16.6 Å². The van der Waals surface area contributed by atoms with Crippen LogP contribution in [0.25, 0.3) is 0 Å². The van der Waals surface area contributed by atoms with Crippen molar-refractivity contribution in [2.75, 3.05) is 42.9 Å². The van der Waals surface area contributed by atoms with Crippen molar-refractivity contribution in [2.45, 2.75) is 20.8 Å². The highest BCUT2D eigenvalue weighted by Crippen LogP contribution is 2.24. The molecule has 1 N–H and O–H groups in total. The lowest BCUT2D eigenvalue weighted by Crippen LogP contribution is -2.46. The van der Waals surface area contributed by atoms with Crippen molar-refractivity contribution in [3.05, 3.63) is 40.5 Å². The van der Waals surface area contributed by atoms with Crippen LogP contribution in [-0.2, 0) is 0 Å². The van der Waals surface area contributed by atoms with Crippen LogP contribution in [0, 0.1) is 13.8 Å². The van der Waals surface area contributed by atoms with E-state index in [9.17, 15) is 0 Å². The molecule has 3 rings (SSSR count). The van der Waals surface area contributed by atoms with E-state index in [1.807, 2.05) is 38.1 Å². The van der Waals surface area contributed by atoms with Crippen LogP contribution in [-0.4, -0.2) is 47.6 Å². The number of likely N-dealkylation sites (N-methyl/N-ethyl adjacent to an activating group) is 1. The topological polar surface area (TPSA) is 44.3 Å². The van der Waals surface area contributed by atoms with E-state index in [1.54, 1.807) is 0 Å². The molecule has 1 saturated heterocycles. The van der Waals surface area contributed by atoms with E-state index in [2.05, 4.69) is 27.0 Å². The second-order valence-electron chi connectivity index (χ2n) is 6.20. The molecule has 1 aliphatic rings. The minimum Gasteiger partial charge on any atom is -0.340 e. The summed E-state index contributed by atoms with van der Waals surface area (Å²) in [4.78, 5) is 14.1. The SMILES string of the molecule is CCN1CCN(c2nc(C)cc(Nc3ccc(Cl)cc3C)n2)CC1. The molecule has 5 nitrogen and oxygen atoms in total. The molecular formula is C18H24ClN5. The Bertz CT molecular complexity index is 711. The zero-order chi connectivity index (χ0) is 17.1. The molecule has 1 aromatic heterocycles. The molecule has 1 fully saturated rings. The minimum atomic E-state index is 0.742. The predicted molar refractivity (Wildman–Crippen MR) is 101 cm³/mol. The highest BCUT2D eigenvalue weighted by atomic mass is 35.5. The number of benzene rings is 1. The first kappa shape index (κ1) is 17.0. The second-order valence-corrected chi connectivity index (χ2v) is 6.64. The lowest BCUT2D eigenvalue weighted by molar-refractivity contribution is 0.270. The number of rotatable bonds is 4. The zero-order valence-corrected chi connectivity index (χ0v) is 15.3. The van der Waals surface area contributed by atoms with Gasteiger partial charge in [-0.1, -0.05) is 18.5 Å². The van der Waals surface area contributed by atoms with Gasteiger partial charge in [0.1, 0.15) is 5.82 Å². The molecule has 0 radical (unpaired) electrons. The average molecular weight is 346 g/mol. The maximum atomic E-state index is 6.03. The molecule has 0 aliphatic carbocycles. The number of halogens is 1. The highest BCUT2D eigenvalue weighted by Gasteiger charge is 2.18. The summed E-state index contributed by atoms with van der Waals surface area (Å²) in [5, 5.41) is 4.13. The van der Waals surface area contributed by atoms with Gasteiger partial charge in [-0.3, -0.25) is 0 Å². The van der Waals surface area contributed by atoms with Crippen molar-refractivity contribution in [3.63, 3.8) is 0 Å². The van der Waals surface area contributed by atoms with Gasteiger partial charge in [0.15, 0.2) is 0 Å². The number of aryl methyl sites for hydroxylation is 2. The Morgan fingerprint density at radius 3 is 2.50 bits per heavy atom. The number of piperazine rings is 1. The van der Waals surface area contributed by atoms with Crippen LogP contribution in [0.4, 0.5) is 17.5 Å². The number of aromatic nitrogens is 2. The van der Waals surface area contributed by atoms with Crippen LogP contribution in [0.5, 0.6) is 0 Å². The molecular weight excluding hydrogens is 322 g/mol. The lowest BCUT2D eigenvalue weighted by Gasteiger charge is -2.34. The van der Waals surface area contributed by atoms with Crippen LogP contribution < -0.4 is 10.2 Å². The molecule has 2 aromatic rings. The van der Waals surface area contributed by atoms with Crippen molar-refractivity contribution in [2.24, 2.45) is 0 Å². The van der Waals surface area contributed by atoms with Crippen molar-refractivity contribution in [3.8, 4) is 0 Å². The maximum Gasteiger partial charge on any atom is 0.227 e. The smallest absolute Gasteiger partial charge is 0.227 e. The Balaban J connectivity index is 1.79. The van der Waals surface area contributed by atoms with Gasteiger partial charge in [-0.2, -0.15) is 4.98 Å². The molecule has 0 bridgehead atoms. The monoisotopic (exact) mass is 345 g/mol. The van der Waals surface area contributed by atoms with Crippen molar-refractivity contribution in [1.29, 1.82) is 0 Å². The number of hydrogen-bond donors (Lipinski definition) is 1. The van der Waals surface area contributed by atoms with Crippen LogP contribution in [0.15, 0.2) is 24.3 Å². The molecule has 6 heteroatoms. The number of hydrogen-bond acceptors (Lipinski definition) is 5. The van der Waals surface area contributed by atoms with E-state index < -0.39 is 0 Å². The van der Waals surface area contributed by atoms with Gasteiger partial charge in [0.05, 0.1) is 0 Å². The number of nitrogens with zero attached hydrogens (tertiary/aromatic N) is 4. The van der Waals surface area contributed by atoms with Gasteiger partial charge in [0.2, 0.25) is 5.95 Å². The zero-order valence-electron chi connectivity index (χ0n) is 14.5. The summed E-state index contributed by atoms with van der Waals surface area (Å²) >= 11 is 6.03. The molecule has 0 spiro atoms. The Morgan fingerprint density at radius 2 is 1.83 bits per heavy atom. The van der Waals surface area contributed by atoms with Gasteiger partial charge in [0.25, 0.3) is 0 Å². The van der Waals surface area contributed by atoms with E-state index in [0.29, 0.717) is 0 Å². The molecule has 0 saturated carbocycles. The fourth-order valence-electron chi connectivity index (χ4n) is 2.93. The molecule has 1 aromatic carbocycles. The minimum absolute atomic E-state index is 0.742. The molecule has 2 heterocycles. The van der Waals surface area contributed by atoms with Gasteiger partial charge >= 0.3 is 0 Å². The maximum absolute atomic E-state index is 6.03. The van der Waals surface area contributed by atoms with Crippen molar-refractivity contribution < 1.29 is 0 Å². The van der Waals surface area contributed by atoms with E-state index >= 15 is 0 Å². The molecule has 0 unspecified atom stereocenters. The highest BCUT2D eigenvalue weighted by molar-refractivity contribution is 6.30. The summed E-state index contributed by atoms with van der Waals surface area (Å²) in [6, 6.07) is 7.78. The van der Waals surface area contributed by atoms with Gasteiger partial charge in [-0.15, -0.1) is 0 Å². The largest absolute Gasteiger partial charge is 0.340 e. The Hall–Kier alpha value is -1.85. The van der Waals surface area contributed by atoms with Crippen molar-refractivity contribution in [1.82, 2.24) is 14.9 Å². The Kier molecular flexibility index (Phi) is 5.21. The lowest BCUT2D eigenvalue weighted by atomic mass is 10.2. The van der Waals surface area contributed by atoms with Crippen LogP contribution in [0.1, 0.15) is 18.2 Å². The second kappa shape index (κ2) is 7.36. The summed E-state index contributed by atoms with van der Waals surface area (Å²) in [5.41, 5.74) is 3.07. The molecule has 24 heavy (non-hydrogen) atoms. The molecule has 0 atom stereocenters. The van der Waals surface area contributed by atoms with Crippen LogP contribution in [0.3, 0.4) is 0 Å². The summed E-state index contributed by atoms with van der Waals surface area (Å²) in [6.45, 7) is 11.4. The third kappa shape index (κ3) is 3.97. The predicted octanol–water partition coefficient (Wildman–Crippen LogP) is 3.63. The quantitative estimate of drug-likeness (QED) is 0.916. The summed E-state index contributed by atoms with van der Waals surface area (Å²) in [6.07, 6.45) is 0. The third-order valence-corrected chi connectivity index (χ3v) is 4.63. The van der Waals surface area contributed by atoms with Gasteiger partial charge in [-0.05, 0) is 44.2 Å². The van der Waals surface area contributed by atoms with E-state index in [0.717, 1.165) is 66.5 Å². The van der Waals surface area contributed by atoms with E-state index in [1.165, 1.54) is 0 Å². The fraction of sp³-hybridized carbons (Fsp3) is 0.444. The van der Waals surface area contributed by atoms with Gasteiger partial charge < -0.3 is 15.1 Å². The van der Waals surface area contributed by atoms with E-state index in [-0.39, 0.29) is 0 Å². The standard InChI is InChI=1S/C18H24ClN5/c1-4-23-7-9-24(10-8-23)18-20-14(3)12-17(22-18)21-16-6-5-15(19)11-13(16)2/h5-6,11-12H,4,7-10H2,1-3H3,(H,20,21,22). The summed E-state index contributed by atoms with van der Waals surface area (Å²) in [7, 11) is 0. The third-order valence-electron chi connectivity index (χ3n) is 4.40. The van der Waals surface area contributed by atoms with Gasteiger partial charge in [0, 0.05) is 48.6 Å². The normalized spacial score (nSPS) is 15.6. The van der Waals surface area contributed by atoms with Gasteiger partial charge in [-0.25, -0.2) is 4.98 Å². The number of nitrogens with one attached hydrogen (secondary N) is 1. The average Bonchev–Trinajstić information content (AvgIpc) is 2.57. The first-order valence-corrected chi connectivity index (χ1v) is 8.79. The van der Waals surface area contributed by atoms with Crippen LogP contribution in [0.2, 0.25) is 5.02 Å².